The molecule has 0 aliphatic carbocycles. The third kappa shape index (κ3) is 3.69. The van der Waals surface area contributed by atoms with E-state index in [0.717, 1.165) is 24.8 Å². The Hall–Kier alpha value is -1.31. The van der Waals surface area contributed by atoms with Crippen molar-refractivity contribution < 1.29 is 9.90 Å². The molecule has 0 aromatic heterocycles. The highest BCUT2D eigenvalue weighted by Gasteiger charge is 2.14. The summed E-state index contributed by atoms with van der Waals surface area (Å²) in [4.78, 5) is 10.8. The molecule has 2 nitrogen and oxygen atoms in total. The summed E-state index contributed by atoms with van der Waals surface area (Å²) in [6, 6.07) is 8.34. The second-order valence-corrected chi connectivity index (χ2v) is 4.18. The van der Waals surface area contributed by atoms with Crippen molar-refractivity contribution in [2.45, 2.75) is 45.4 Å². The number of carboxylic acid groups (broad SMARTS) is 1. The Balaban J connectivity index is 2.79. The molecule has 88 valence electrons. The van der Waals surface area contributed by atoms with Gasteiger partial charge in [-0.3, -0.25) is 4.79 Å². The summed E-state index contributed by atoms with van der Waals surface area (Å²) < 4.78 is 0. The average Bonchev–Trinajstić information content (AvgIpc) is 2.28. The summed E-state index contributed by atoms with van der Waals surface area (Å²) in [6.07, 6.45) is 3.22. The monoisotopic (exact) mass is 220 g/mol. The van der Waals surface area contributed by atoms with Crippen LogP contribution >= 0.6 is 0 Å². The van der Waals surface area contributed by atoms with Gasteiger partial charge in [0.25, 0.3) is 0 Å². The highest BCUT2D eigenvalue weighted by atomic mass is 16.4. The van der Waals surface area contributed by atoms with Crippen LogP contribution in [0.1, 0.15) is 50.2 Å². The van der Waals surface area contributed by atoms with Gasteiger partial charge in [-0.2, -0.15) is 0 Å². The average molecular weight is 220 g/mol. The maximum absolute atomic E-state index is 10.8. The third-order valence-corrected chi connectivity index (χ3v) is 2.92. The van der Waals surface area contributed by atoms with Gasteiger partial charge < -0.3 is 5.11 Å². The van der Waals surface area contributed by atoms with Gasteiger partial charge in [0, 0.05) is 0 Å². The van der Waals surface area contributed by atoms with Crippen LogP contribution in [0.25, 0.3) is 0 Å². The topological polar surface area (TPSA) is 37.3 Å². The lowest BCUT2D eigenvalue weighted by Crippen LogP contribution is -2.06. The zero-order chi connectivity index (χ0) is 12.0. The van der Waals surface area contributed by atoms with Gasteiger partial charge in [-0.1, -0.05) is 44.5 Å². The molecule has 0 amide bonds. The summed E-state index contributed by atoms with van der Waals surface area (Å²) in [6.45, 7) is 4.21. The molecule has 16 heavy (non-hydrogen) atoms. The number of carbonyl (C=O) groups is 1. The Morgan fingerprint density at radius 1 is 1.25 bits per heavy atom. The molecule has 1 aromatic carbocycles. The van der Waals surface area contributed by atoms with Crippen molar-refractivity contribution in [1.29, 1.82) is 0 Å². The van der Waals surface area contributed by atoms with E-state index >= 15 is 0 Å². The van der Waals surface area contributed by atoms with E-state index in [0.29, 0.717) is 0 Å². The van der Waals surface area contributed by atoms with Gasteiger partial charge in [0.05, 0.1) is 6.42 Å². The van der Waals surface area contributed by atoms with Gasteiger partial charge in [0.1, 0.15) is 0 Å². The van der Waals surface area contributed by atoms with Crippen molar-refractivity contribution in [3.63, 3.8) is 0 Å². The van der Waals surface area contributed by atoms with Crippen LogP contribution in [0.5, 0.6) is 0 Å². The van der Waals surface area contributed by atoms with E-state index in [2.05, 4.69) is 38.1 Å². The quantitative estimate of drug-likeness (QED) is 0.795. The largest absolute Gasteiger partial charge is 0.481 e. The van der Waals surface area contributed by atoms with E-state index in [1.165, 1.54) is 5.56 Å². The first-order valence-corrected chi connectivity index (χ1v) is 5.98. The maximum Gasteiger partial charge on any atom is 0.303 e. The minimum Gasteiger partial charge on any atom is -0.481 e. The van der Waals surface area contributed by atoms with E-state index in [1.54, 1.807) is 0 Å². The molecular weight excluding hydrogens is 200 g/mol. The Kier molecular flexibility index (Phi) is 5.03. The van der Waals surface area contributed by atoms with Crippen LogP contribution in [0, 0.1) is 0 Å². The first-order valence-electron chi connectivity index (χ1n) is 5.98. The van der Waals surface area contributed by atoms with Crippen LogP contribution in [0.3, 0.4) is 0 Å². The zero-order valence-electron chi connectivity index (χ0n) is 10.1. The minimum absolute atomic E-state index is 0.161. The number of aliphatic carboxylic acids is 1. The molecule has 0 aliphatic rings. The first kappa shape index (κ1) is 12.8. The molecule has 0 aliphatic heterocycles. The molecule has 0 heterocycles. The predicted molar refractivity (Wildman–Crippen MR) is 65.7 cm³/mol. The van der Waals surface area contributed by atoms with Gasteiger partial charge >= 0.3 is 5.97 Å². The van der Waals surface area contributed by atoms with Crippen molar-refractivity contribution >= 4 is 5.97 Å². The van der Waals surface area contributed by atoms with Crippen molar-refractivity contribution in [3.05, 3.63) is 35.4 Å². The van der Waals surface area contributed by atoms with E-state index in [1.807, 2.05) is 0 Å². The van der Waals surface area contributed by atoms with Crippen molar-refractivity contribution in [1.82, 2.24) is 0 Å². The summed E-state index contributed by atoms with van der Waals surface area (Å²) >= 11 is 0. The Bertz CT molecular complexity index is 327. The van der Waals surface area contributed by atoms with E-state index in [-0.39, 0.29) is 12.3 Å². The van der Waals surface area contributed by atoms with Crippen LogP contribution in [0.4, 0.5) is 0 Å². The number of rotatable bonds is 6. The second-order valence-electron chi connectivity index (χ2n) is 4.18. The van der Waals surface area contributed by atoms with Gasteiger partial charge in [0.15, 0.2) is 0 Å². The van der Waals surface area contributed by atoms with Crippen molar-refractivity contribution in [3.8, 4) is 0 Å². The molecule has 0 saturated carbocycles. The molecule has 2 heteroatoms. The SMILES string of the molecule is CCCC(CC(=O)O)c1ccc(CC)cc1. The minimum atomic E-state index is -0.710. The fourth-order valence-electron chi connectivity index (χ4n) is 1.97. The third-order valence-electron chi connectivity index (χ3n) is 2.92. The summed E-state index contributed by atoms with van der Waals surface area (Å²) in [5.41, 5.74) is 2.45. The molecule has 0 spiro atoms. The molecule has 1 atom stereocenters. The number of carboxylic acids is 1. The van der Waals surface area contributed by atoms with E-state index < -0.39 is 5.97 Å². The Morgan fingerprint density at radius 2 is 1.88 bits per heavy atom. The zero-order valence-corrected chi connectivity index (χ0v) is 10.1. The molecule has 1 aromatic rings. The number of benzene rings is 1. The molecule has 0 fully saturated rings. The van der Waals surface area contributed by atoms with Gasteiger partial charge in [-0.25, -0.2) is 0 Å². The van der Waals surface area contributed by atoms with Gasteiger partial charge in [0.2, 0.25) is 0 Å². The molecule has 0 saturated heterocycles. The van der Waals surface area contributed by atoms with Crippen molar-refractivity contribution in [2.75, 3.05) is 0 Å². The molecule has 0 bridgehead atoms. The lowest BCUT2D eigenvalue weighted by atomic mass is 9.91. The fourth-order valence-corrected chi connectivity index (χ4v) is 1.97. The first-order chi connectivity index (χ1) is 7.67. The molecule has 1 rings (SSSR count). The molecule has 1 N–H and O–H groups in total. The Labute approximate surface area is 97.3 Å². The maximum atomic E-state index is 10.8. The summed E-state index contributed by atoms with van der Waals surface area (Å²) in [5.74, 6) is -0.550. The number of hydrogen-bond acceptors (Lipinski definition) is 1. The highest BCUT2D eigenvalue weighted by Crippen LogP contribution is 2.25. The normalized spacial score (nSPS) is 12.4. The van der Waals surface area contributed by atoms with Crippen LogP contribution < -0.4 is 0 Å². The van der Waals surface area contributed by atoms with E-state index in [9.17, 15) is 4.79 Å². The van der Waals surface area contributed by atoms with Crippen LogP contribution in [0.15, 0.2) is 24.3 Å². The summed E-state index contributed by atoms with van der Waals surface area (Å²) in [7, 11) is 0. The van der Waals surface area contributed by atoms with E-state index in [4.69, 9.17) is 5.11 Å². The van der Waals surface area contributed by atoms with Crippen LogP contribution in [-0.4, -0.2) is 11.1 Å². The van der Waals surface area contributed by atoms with Crippen LogP contribution in [-0.2, 0) is 11.2 Å². The molecule has 1 unspecified atom stereocenters. The van der Waals surface area contributed by atoms with Gasteiger partial charge in [-0.05, 0) is 29.9 Å². The number of hydrogen-bond donors (Lipinski definition) is 1. The van der Waals surface area contributed by atoms with Crippen molar-refractivity contribution in [2.24, 2.45) is 0 Å². The standard InChI is InChI=1S/C14H20O2/c1-3-5-13(10-14(15)16)12-8-6-11(4-2)7-9-12/h6-9,13H,3-5,10H2,1-2H3,(H,15,16). The van der Waals surface area contributed by atoms with Gasteiger partial charge in [-0.15, -0.1) is 0 Å². The lowest BCUT2D eigenvalue weighted by molar-refractivity contribution is -0.137. The number of aryl methyl sites for hydroxylation is 1. The summed E-state index contributed by atoms with van der Waals surface area (Å²) in [5, 5.41) is 8.87. The Morgan fingerprint density at radius 3 is 2.31 bits per heavy atom. The van der Waals surface area contributed by atoms with Crippen LogP contribution in [0.2, 0.25) is 0 Å². The molecular formula is C14H20O2. The molecule has 0 radical (unpaired) electrons. The fraction of sp³-hybridized carbons (Fsp3) is 0.500. The predicted octanol–water partition coefficient (Wildman–Crippen LogP) is 3.61. The highest BCUT2D eigenvalue weighted by molar-refractivity contribution is 5.68. The smallest absolute Gasteiger partial charge is 0.303 e. The second kappa shape index (κ2) is 6.31. The lowest BCUT2D eigenvalue weighted by Gasteiger charge is -2.14.